The fourth-order valence-electron chi connectivity index (χ4n) is 2.60. The highest BCUT2D eigenvalue weighted by atomic mass is 16.6. The SMILES string of the molecule is CNC(c1cc2c(cc1C)OCCO2)C(C)(C)CN. The van der Waals surface area contributed by atoms with E-state index in [4.69, 9.17) is 15.2 Å². The Morgan fingerprint density at radius 1 is 1.26 bits per heavy atom. The van der Waals surface area contributed by atoms with Gasteiger partial charge >= 0.3 is 0 Å². The van der Waals surface area contributed by atoms with Crippen LogP contribution in [0.2, 0.25) is 0 Å². The third-order valence-corrected chi connectivity index (χ3v) is 3.84. The predicted octanol–water partition coefficient (Wildman–Crippen LogP) is 2.01. The maximum Gasteiger partial charge on any atom is 0.161 e. The summed E-state index contributed by atoms with van der Waals surface area (Å²) in [7, 11) is 1.97. The molecule has 1 heterocycles. The summed E-state index contributed by atoms with van der Waals surface area (Å²) in [4.78, 5) is 0. The molecule has 0 bridgehead atoms. The van der Waals surface area contributed by atoms with E-state index in [1.807, 2.05) is 7.05 Å². The van der Waals surface area contributed by atoms with Crippen molar-refractivity contribution in [2.75, 3.05) is 26.8 Å². The van der Waals surface area contributed by atoms with Crippen LogP contribution in [0, 0.1) is 12.3 Å². The molecule has 0 fully saturated rings. The van der Waals surface area contributed by atoms with Gasteiger partial charge in [0.05, 0.1) is 0 Å². The smallest absolute Gasteiger partial charge is 0.161 e. The molecule has 1 aromatic rings. The fraction of sp³-hybridized carbons (Fsp3) is 0.600. The molecule has 0 saturated heterocycles. The van der Waals surface area contributed by atoms with Crippen LogP contribution in [0.25, 0.3) is 0 Å². The fourth-order valence-corrected chi connectivity index (χ4v) is 2.60. The van der Waals surface area contributed by atoms with Crippen LogP contribution < -0.4 is 20.5 Å². The summed E-state index contributed by atoms with van der Waals surface area (Å²) in [6, 6.07) is 4.33. The number of hydrogen-bond acceptors (Lipinski definition) is 4. The van der Waals surface area contributed by atoms with Crippen molar-refractivity contribution in [3.8, 4) is 11.5 Å². The number of nitrogens with two attached hydrogens (primary N) is 1. The lowest BCUT2D eigenvalue weighted by Gasteiger charge is -2.35. The predicted molar refractivity (Wildman–Crippen MR) is 76.8 cm³/mol. The Bertz CT molecular complexity index is 458. The molecule has 2 rings (SSSR count). The molecule has 1 aromatic carbocycles. The zero-order valence-electron chi connectivity index (χ0n) is 12.2. The lowest BCUT2D eigenvalue weighted by Crippen LogP contribution is -2.38. The molecule has 0 radical (unpaired) electrons. The van der Waals surface area contributed by atoms with Crippen LogP contribution in [0.1, 0.15) is 31.0 Å². The zero-order valence-corrected chi connectivity index (χ0v) is 12.2. The van der Waals surface area contributed by atoms with Gasteiger partial charge in [-0.1, -0.05) is 13.8 Å². The van der Waals surface area contributed by atoms with Crippen molar-refractivity contribution >= 4 is 0 Å². The molecule has 3 N–H and O–H groups in total. The lowest BCUT2D eigenvalue weighted by atomic mass is 9.79. The van der Waals surface area contributed by atoms with Crippen molar-refractivity contribution in [1.82, 2.24) is 5.32 Å². The summed E-state index contributed by atoms with van der Waals surface area (Å²) in [6.45, 7) is 8.29. The summed E-state index contributed by atoms with van der Waals surface area (Å²) in [5, 5.41) is 3.38. The average molecular weight is 264 g/mol. The van der Waals surface area contributed by atoms with Crippen molar-refractivity contribution in [2.24, 2.45) is 11.1 Å². The molecule has 1 unspecified atom stereocenters. The number of nitrogens with one attached hydrogen (secondary N) is 1. The van der Waals surface area contributed by atoms with Gasteiger partial charge in [0.1, 0.15) is 13.2 Å². The Kier molecular flexibility index (Phi) is 4.02. The third-order valence-electron chi connectivity index (χ3n) is 3.84. The minimum Gasteiger partial charge on any atom is -0.486 e. The van der Waals surface area contributed by atoms with Gasteiger partial charge < -0.3 is 20.5 Å². The van der Waals surface area contributed by atoms with E-state index in [9.17, 15) is 0 Å². The van der Waals surface area contributed by atoms with E-state index in [1.54, 1.807) is 0 Å². The molecule has 0 saturated carbocycles. The van der Waals surface area contributed by atoms with Crippen molar-refractivity contribution in [1.29, 1.82) is 0 Å². The molecule has 0 amide bonds. The van der Waals surface area contributed by atoms with E-state index >= 15 is 0 Å². The van der Waals surface area contributed by atoms with Crippen LogP contribution in [0.15, 0.2) is 12.1 Å². The van der Waals surface area contributed by atoms with Gasteiger partial charge in [-0.05, 0) is 49.2 Å². The summed E-state index contributed by atoms with van der Waals surface area (Å²) in [5.74, 6) is 1.67. The molecule has 0 spiro atoms. The first-order valence-corrected chi connectivity index (χ1v) is 6.77. The first-order chi connectivity index (χ1) is 8.99. The van der Waals surface area contributed by atoms with E-state index in [2.05, 4.69) is 38.2 Å². The van der Waals surface area contributed by atoms with Gasteiger partial charge in [-0.2, -0.15) is 0 Å². The quantitative estimate of drug-likeness (QED) is 0.873. The monoisotopic (exact) mass is 264 g/mol. The Hall–Kier alpha value is -1.26. The largest absolute Gasteiger partial charge is 0.486 e. The molecule has 1 atom stereocenters. The number of benzene rings is 1. The van der Waals surface area contributed by atoms with Crippen LogP contribution in [0.5, 0.6) is 11.5 Å². The van der Waals surface area contributed by atoms with Gasteiger partial charge in [0.2, 0.25) is 0 Å². The second-order valence-corrected chi connectivity index (χ2v) is 5.77. The highest BCUT2D eigenvalue weighted by Gasteiger charge is 2.30. The minimum atomic E-state index is -0.0245. The van der Waals surface area contributed by atoms with Gasteiger partial charge in [-0.15, -0.1) is 0 Å². The summed E-state index contributed by atoms with van der Waals surface area (Å²) in [6.07, 6.45) is 0. The van der Waals surface area contributed by atoms with Crippen molar-refractivity contribution in [3.63, 3.8) is 0 Å². The number of rotatable bonds is 4. The Labute approximate surface area is 115 Å². The molecule has 0 aromatic heterocycles. The Balaban J connectivity index is 2.43. The van der Waals surface area contributed by atoms with Crippen molar-refractivity contribution in [3.05, 3.63) is 23.3 Å². The number of fused-ring (bicyclic) bond motifs is 1. The molecular formula is C15H24N2O2. The van der Waals surface area contributed by atoms with Gasteiger partial charge in [0.15, 0.2) is 11.5 Å². The van der Waals surface area contributed by atoms with Gasteiger partial charge in [0, 0.05) is 6.04 Å². The molecule has 106 valence electrons. The summed E-state index contributed by atoms with van der Waals surface area (Å²) < 4.78 is 11.3. The van der Waals surface area contributed by atoms with Crippen LogP contribution in [-0.2, 0) is 0 Å². The zero-order chi connectivity index (χ0) is 14.0. The number of aryl methyl sites for hydroxylation is 1. The topological polar surface area (TPSA) is 56.5 Å². The van der Waals surface area contributed by atoms with Crippen LogP contribution >= 0.6 is 0 Å². The Morgan fingerprint density at radius 2 is 1.84 bits per heavy atom. The highest BCUT2D eigenvalue weighted by molar-refractivity contribution is 5.49. The second kappa shape index (κ2) is 5.39. The molecule has 1 aliphatic rings. The van der Waals surface area contributed by atoms with Gasteiger partial charge in [-0.3, -0.25) is 0 Å². The van der Waals surface area contributed by atoms with E-state index < -0.39 is 0 Å². The molecule has 19 heavy (non-hydrogen) atoms. The maximum atomic E-state index is 5.91. The van der Waals surface area contributed by atoms with Crippen molar-refractivity contribution in [2.45, 2.75) is 26.8 Å². The van der Waals surface area contributed by atoms with E-state index in [0.717, 1.165) is 11.5 Å². The first-order valence-electron chi connectivity index (χ1n) is 6.77. The van der Waals surface area contributed by atoms with Crippen LogP contribution in [-0.4, -0.2) is 26.8 Å². The standard InChI is InChI=1S/C15H24N2O2/c1-10-7-12-13(19-6-5-18-12)8-11(10)14(17-4)15(2,3)9-16/h7-8,14,17H,5-6,9,16H2,1-4H3. The van der Waals surface area contributed by atoms with Crippen LogP contribution in [0.3, 0.4) is 0 Å². The van der Waals surface area contributed by atoms with E-state index in [0.29, 0.717) is 19.8 Å². The molecule has 0 aliphatic carbocycles. The van der Waals surface area contributed by atoms with Crippen molar-refractivity contribution < 1.29 is 9.47 Å². The molecular weight excluding hydrogens is 240 g/mol. The molecule has 4 heteroatoms. The van der Waals surface area contributed by atoms with Gasteiger partial charge in [0.25, 0.3) is 0 Å². The summed E-state index contributed by atoms with van der Waals surface area (Å²) >= 11 is 0. The minimum absolute atomic E-state index is 0.0245. The first kappa shape index (κ1) is 14.2. The maximum absolute atomic E-state index is 5.91. The van der Waals surface area contributed by atoms with E-state index in [-0.39, 0.29) is 11.5 Å². The summed E-state index contributed by atoms with van der Waals surface area (Å²) in [5.41, 5.74) is 8.31. The van der Waals surface area contributed by atoms with Gasteiger partial charge in [-0.25, -0.2) is 0 Å². The lowest BCUT2D eigenvalue weighted by molar-refractivity contribution is 0.170. The second-order valence-electron chi connectivity index (χ2n) is 5.77. The normalized spacial score (nSPS) is 16.3. The highest BCUT2D eigenvalue weighted by Crippen LogP contribution is 2.40. The van der Waals surface area contributed by atoms with E-state index in [1.165, 1.54) is 11.1 Å². The Morgan fingerprint density at radius 3 is 2.37 bits per heavy atom. The number of hydrogen-bond donors (Lipinski definition) is 2. The number of ether oxygens (including phenoxy) is 2. The molecule has 1 aliphatic heterocycles. The third kappa shape index (κ3) is 2.69. The molecule has 4 nitrogen and oxygen atoms in total. The van der Waals surface area contributed by atoms with Crippen LogP contribution in [0.4, 0.5) is 0 Å². The average Bonchev–Trinajstić information content (AvgIpc) is 2.40.